The van der Waals surface area contributed by atoms with Gasteiger partial charge in [0.1, 0.15) is 0 Å². The van der Waals surface area contributed by atoms with E-state index in [1.807, 2.05) is 65.6 Å². The molecule has 0 heterocycles. The number of hydrogen-bond donors (Lipinski definition) is 3. The number of unbranched alkanes of at least 4 members (excludes halogenated alkanes) is 14. The molecule has 2 aromatic rings. The number of carbonyl (C=O) groups is 3. The summed E-state index contributed by atoms with van der Waals surface area (Å²) in [7, 11) is 0. The van der Waals surface area contributed by atoms with E-state index in [0.717, 1.165) is 30.4 Å². The molecule has 0 radical (unpaired) electrons. The van der Waals surface area contributed by atoms with Crippen LogP contribution in [0.4, 0.5) is 0 Å². The lowest BCUT2D eigenvalue weighted by Crippen LogP contribution is -2.43. The Morgan fingerprint density at radius 3 is 1.59 bits per heavy atom. The van der Waals surface area contributed by atoms with E-state index in [-0.39, 0.29) is 17.7 Å². The predicted molar refractivity (Wildman–Crippen MR) is 204 cm³/mol. The van der Waals surface area contributed by atoms with Crippen molar-refractivity contribution in [3.8, 4) is 0 Å². The molecule has 0 saturated carbocycles. The number of nitrogens with one attached hydrogen (secondary N) is 2. The van der Waals surface area contributed by atoms with Crippen LogP contribution in [0.1, 0.15) is 140 Å². The molecule has 2 rings (SSSR count). The summed E-state index contributed by atoms with van der Waals surface area (Å²) >= 11 is 0. The van der Waals surface area contributed by atoms with Crippen molar-refractivity contribution >= 4 is 17.7 Å². The highest BCUT2D eigenvalue weighted by molar-refractivity contribution is 5.81. The van der Waals surface area contributed by atoms with Gasteiger partial charge >= 0.3 is 0 Å². The number of amides is 3. The molecule has 3 amide bonds. The minimum Gasteiger partial charge on any atom is -0.356 e. The second-order valence-corrected chi connectivity index (χ2v) is 13.7. The molecule has 1 atom stereocenters. The van der Waals surface area contributed by atoms with Gasteiger partial charge in [-0.1, -0.05) is 157 Å². The smallest absolute Gasteiger partial charge is 0.237 e. The Hall–Kier alpha value is -3.19. The van der Waals surface area contributed by atoms with Crippen molar-refractivity contribution in [1.82, 2.24) is 15.5 Å². The molecular weight excluding hydrogens is 608 g/mol. The van der Waals surface area contributed by atoms with Gasteiger partial charge in [-0.3, -0.25) is 14.4 Å². The molecule has 0 fully saturated rings. The van der Waals surface area contributed by atoms with E-state index in [9.17, 15) is 14.4 Å². The molecule has 0 bridgehead atoms. The third-order valence-electron chi connectivity index (χ3n) is 9.30. The molecule has 7 nitrogen and oxygen atoms in total. The van der Waals surface area contributed by atoms with Gasteiger partial charge in [0.15, 0.2) is 0 Å². The van der Waals surface area contributed by atoms with Gasteiger partial charge in [0.2, 0.25) is 17.7 Å². The van der Waals surface area contributed by atoms with Crippen LogP contribution in [0.15, 0.2) is 60.7 Å². The van der Waals surface area contributed by atoms with Gasteiger partial charge in [-0.25, -0.2) is 0 Å². The molecule has 0 aliphatic carbocycles. The second-order valence-electron chi connectivity index (χ2n) is 13.7. The van der Waals surface area contributed by atoms with Crippen LogP contribution in [0, 0.1) is 0 Å². The number of carbonyl (C=O) groups excluding carboxylic acids is 3. The molecule has 49 heavy (non-hydrogen) atoms. The maximum atomic E-state index is 13.2. The van der Waals surface area contributed by atoms with Crippen LogP contribution in [-0.2, 0) is 27.2 Å². The Kier molecular flexibility index (Phi) is 24.5. The van der Waals surface area contributed by atoms with E-state index in [4.69, 9.17) is 5.73 Å². The Labute approximate surface area is 298 Å². The lowest BCUT2D eigenvalue weighted by atomic mass is 10.0. The van der Waals surface area contributed by atoms with E-state index >= 15 is 0 Å². The number of nitrogens with zero attached hydrogens (tertiary/aromatic N) is 1. The first-order chi connectivity index (χ1) is 24.0. The highest BCUT2D eigenvalue weighted by Crippen LogP contribution is 2.14. The molecule has 0 unspecified atom stereocenters. The molecule has 0 aliphatic rings. The summed E-state index contributed by atoms with van der Waals surface area (Å²) in [5, 5.41) is 5.96. The van der Waals surface area contributed by atoms with Crippen LogP contribution in [0.2, 0.25) is 0 Å². The summed E-state index contributed by atoms with van der Waals surface area (Å²) in [4.78, 5) is 40.1. The zero-order valence-corrected chi connectivity index (χ0v) is 30.8. The fourth-order valence-corrected chi connectivity index (χ4v) is 6.23. The monoisotopic (exact) mass is 677 g/mol. The van der Waals surface area contributed by atoms with E-state index in [0.29, 0.717) is 58.3 Å². The van der Waals surface area contributed by atoms with E-state index < -0.39 is 6.04 Å². The molecule has 2 aromatic carbocycles. The maximum absolute atomic E-state index is 13.2. The van der Waals surface area contributed by atoms with Gasteiger partial charge in [-0.05, 0) is 43.2 Å². The van der Waals surface area contributed by atoms with E-state index in [2.05, 4.69) is 17.6 Å². The summed E-state index contributed by atoms with van der Waals surface area (Å²) in [6.07, 6.45) is 23.1. The van der Waals surface area contributed by atoms with Gasteiger partial charge in [0.05, 0.1) is 6.04 Å². The van der Waals surface area contributed by atoms with Crippen LogP contribution in [-0.4, -0.2) is 54.8 Å². The van der Waals surface area contributed by atoms with Crippen LogP contribution in [0.25, 0.3) is 0 Å². The molecule has 4 N–H and O–H groups in total. The maximum Gasteiger partial charge on any atom is 0.237 e. The summed E-state index contributed by atoms with van der Waals surface area (Å²) < 4.78 is 0. The third-order valence-corrected chi connectivity index (χ3v) is 9.30. The molecule has 0 saturated heterocycles. The van der Waals surface area contributed by atoms with Crippen LogP contribution < -0.4 is 16.4 Å². The van der Waals surface area contributed by atoms with Gasteiger partial charge in [0, 0.05) is 39.0 Å². The molecule has 0 aliphatic heterocycles. The fraction of sp³-hybridized carbons (Fsp3) is 0.643. The van der Waals surface area contributed by atoms with Gasteiger partial charge in [-0.2, -0.15) is 0 Å². The number of rotatable bonds is 30. The van der Waals surface area contributed by atoms with Crippen molar-refractivity contribution in [2.24, 2.45) is 5.73 Å². The average molecular weight is 677 g/mol. The fourth-order valence-electron chi connectivity index (χ4n) is 6.23. The lowest BCUT2D eigenvalue weighted by molar-refractivity contribution is -0.131. The number of benzene rings is 2. The topological polar surface area (TPSA) is 105 Å². The highest BCUT2D eigenvalue weighted by atomic mass is 16.2. The summed E-state index contributed by atoms with van der Waals surface area (Å²) in [5.74, 6) is 0.0315. The second kappa shape index (κ2) is 28.6. The van der Waals surface area contributed by atoms with Crippen LogP contribution in [0.5, 0.6) is 0 Å². The van der Waals surface area contributed by atoms with Crippen LogP contribution >= 0.6 is 0 Å². The average Bonchev–Trinajstić information content (AvgIpc) is 3.12. The summed E-state index contributed by atoms with van der Waals surface area (Å²) in [6, 6.07) is 19.2. The Morgan fingerprint density at radius 2 is 1.06 bits per heavy atom. The minimum atomic E-state index is -0.601. The first-order valence-electron chi connectivity index (χ1n) is 19.6. The SMILES string of the molecule is CCCCCCCCCCCCCCCCCC(=O)N(CCCNC(=O)CCc1ccccc1)CCCNC(=O)[C@@H](N)Cc1ccccc1. The third kappa shape index (κ3) is 22.2. The largest absolute Gasteiger partial charge is 0.356 e. The van der Waals surface area contributed by atoms with Gasteiger partial charge in [-0.15, -0.1) is 0 Å². The standard InChI is InChI=1S/C42H68N4O3/c1-2-3-4-5-6-7-8-9-10-11-12-13-14-15-22-29-41(48)46(34-23-32-44-40(47)31-30-37-25-18-16-19-26-37)35-24-33-45-42(49)39(43)36-38-27-20-17-21-28-38/h16-21,25-28,39H,2-15,22-24,29-36,43H2,1H3,(H,44,47)(H,45,49)/t39-/m0/s1. The Morgan fingerprint density at radius 1 is 0.592 bits per heavy atom. The Balaban J connectivity index is 1.64. The van der Waals surface area contributed by atoms with Crippen molar-refractivity contribution in [1.29, 1.82) is 0 Å². The van der Waals surface area contributed by atoms with Crippen LogP contribution in [0.3, 0.4) is 0 Å². The van der Waals surface area contributed by atoms with Gasteiger partial charge < -0.3 is 21.3 Å². The first kappa shape index (κ1) is 42.0. The lowest BCUT2D eigenvalue weighted by Gasteiger charge is -2.23. The van der Waals surface area contributed by atoms with E-state index in [1.165, 1.54) is 83.5 Å². The molecule has 7 heteroatoms. The van der Waals surface area contributed by atoms with Crippen molar-refractivity contribution in [2.75, 3.05) is 26.2 Å². The summed E-state index contributed by atoms with van der Waals surface area (Å²) in [5.41, 5.74) is 8.33. The highest BCUT2D eigenvalue weighted by Gasteiger charge is 2.16. The zero-order valence-electron chi connectivity index (χ0n) is 30.8. The number of nitrogens with two attached hydrogens (primary N) is 1. The molecular formula is C42H68N4O3. The first-order valence-corrected chi connectivity index (χ1v) is 19.6. The molecule has 274 valence electrons. The minimum absolute atomic E-state index is 0.0362. The Bertz CT molecular complexity index is 1110. The number of aryl methyl sites for hydroxylation is 1. The number of hydrogen-bond acceptors (Lipinski definition) is 4. The molecule has 0 aromatic heterocycles. The van der Waals surface area contributed by atoms with Crippen molar-refractivity contribution in [2.45, 2.75) is 148 Å². The van der Waals surface area contributed by atoms with E-state index in [1.54, 1.807) is 0 Å². The van der Waals surface area contributed by atoms with Crippen molar-refractivity contribution in [3.05, 3.63) is 71.8 Å². The van der Waals surface area contributed by atoms with Crippen molar-refractivity contribution < 1.29 is 14.4 Å². The zero-order chi connectivity index (χ0) is 35.2. The summed E-state index contributed by atoms with van der Waals surface area (Å²) in [6.45, 7) is 4.46. The molecule has 0 spiro atoms. The van der Waals surface area contributed by atoms with Gasteiger partial charge in [0.25, 0.3) is 0 Å². The van der Waals surface area contributed by atoms with Crippen molar-refractivity contribution in [3.63, 3.8) is 0 Å². The quantitative estimate of drug-likeness (QED) is 0.0725. The predicted octanol–water partition coefficient (Wildman–Crippen LogP) is 8.29. The normalized spacial score (nSPS) is 11.6.